The highest BCUT2D eigenvalue weighted by Crippen LogP contribution is 2.13. The van der Waals surface area contributed by atoms with Crippen LogP contribution >= 0.6 is 0 Å². The maximum atomic E-state index is 14.6. The summed E-state index contributed by atoms with van der Waals surface area (Å²) in [5.74, 6) is -3.79. The number of carbonyl (C=O) groups excluding carboxylic acids is 5. The molecule has 4 atom stereocenters. The zero-order chi connectivity index (χ0) is 33.6. The third kappa shape index (κ3) is 11.0. The van der Waals surface area contributed by atoms with E-state index >= 15 is 0 Å². The number of urea groups is 1. The monoisotopic (exact) mass is 641 g/mol. The molecule has 2 aromatic rings. The molecule has 1 aliphatic heterocycles. The first-order chi connectivity index (χ1) is 22.0. The fourth-order valence-electron chi connectivity index (χ4n) is 4.90. The van der Waals surface area contributed by atoms with E-state index in [1.807, 2.05) is 0 Å². The van der Waals surface area contributed by atoms with Crippen LogP contribution in [-0.4, -0.2) is 67.5 Å². The Hall–Kier alpha value is -4.81. The molecule has 1 unspecified atom stereocenters. The first kappa shape index (κ1) is 35.7. The van der Waals surface area contributed by atoms with Crippen LogP contribution in [-0.2, 0) is 36.8 Å². The largest absolute Gasteiger partial charge is 0.467 e. The predicted molar refractivity (Wildman–Crippen MR) is 166 cm³/mol. The van der Waals surface area contributed by atoms with Crippen LogP contribution < -0.4 is 26.6 Å². The molecule has 5 N–H and O–H groups in total. The van der Waals surface area contributed by atoms with Crippen molar-refractivity contribution in [3.63, 3.8) is 0 Å². The van der Waals surface area contributed by atoms with E-state index in [4.69, 9.17) is 4.74 Å². The topological polar surface area (TPSA) is 155 Å². The van der Waals surface area contributed by atoms with Crippen molar-refractivity contribution in [2.45, 2.75) is 70.1 Å². The highest BCUT2D eigenvalue weighted by molar-refractivity contribution is 5.93. The van der Waals surface area contributed by atoms with Crippen LogP contribution in [0.3, 0.4) is 0 Å². The number of amides is 5. The lowest BCUT2D eigenvalue weighted by Gasteiger charge is -2.26. The fraction of sp³-hybridized carbons (Fsp3) is 0.424. The summed E-state index contributed by atoms with van der Waals surface area (Å²) in [6, 6.07) is 6.72. The van der Waals surface area contributed by atoms with Crippen molar-refractivity contribution in [1.29, 1.82) is 0 Å². The van der Waals surface area contributed by atoms with Gasteiger partial charge in [0.05, 0.1) is 13.2 Å². The van der Waals surface area contributed by atoms with Gasteiger partial charge in [0.25, 0.3) is 0 Å². The molecule has 46 heavy (non-hydrogen) atoms. The Kier molecular flexibility index (Phi) is 13.7. The van der Waals surface area contributed by atoms with Crippen molar-refractivity contribution in [2.24, 2.45) is 5.92 Å². The number of benzene rings is 2. The second kappa shape index (κ2) is 17.6. The molecule has 0 fully saturated rings. The third-order valence-electron chi connectivity index (χ3n) is 7.47. The van der Waals surface area contributed by atoms with Crippen molar-refractivity contribution in [1.82, 2.24) is 26.6 Å². The zero-order valence-corrected chi connectivity index (χ0v) is 26.1. The number of esters is 1. The van der Waals surface area contributed by atoms with E-state index in [2.05, 4.69) is 26.6 Å². The maximum absolute atomic E-state index is 14.6. The second-order valence-corrected chi connectivity index (χ2v) is 11.3. The van der Waals surface area contributed by atoms with E-state index in [-0.39, 0.29) is 36.7 Å². The van der Waals surface area contributed by atoms with E-state index in [1.54, 1.807) is 32.0 Å². The van der Waals surface area contributed by atoms with Crippen LogP contribution in [0.5, 0.6) is 0 Å². The van der Waals surface area contributed by atoms with Crippen LogP contribution in [0.25, 0.3) is 0 Å². The van der Waals surface area contributed by atoms with Crippen molar-refractivity contribution >= 4 is 29.7 Å². The number of carbonyl (C=O) groups is 5. The fourth-order valence-corrected chi connectivity index (χ4v) is 4.90. The average molecular weight is 642 g/mol. The highest BCUT2D eigenvalue weighted by atomic mass is 19.1. The summed E-state index contributed by atoms with van der Waals surface area (Å²) in [6.07, 6.45) is 3.65. The Bertz CT molecular complexity index is 1420. The summed E-state index contributed by atoms with van der Waals surface area (Å²) in [5, 5.41) is 13.2. The molecular formula is C33H41F2N5O6. The van der Waals surface area contributed by atoms with Gasteiger partial charge in [-0.2, -0.15) is 0 Å². The number of ether oxygens (including phenoxy) is 1. The highest BCUT2D eigenvalue weighted by Gasteiger charge is 2.31. The Morgan fingerprint density at radius 2 is 1.61 bits per heavy atom. The molecule has 1 heterocycles. The first-order valence-corrected chi connectivity index (χ1v) is 15.2. The number of methoxy groups -OCH3 is 1. The number of rotatable bonds is 10. The summed E-state index contributed by atoms with van der Waals surface area (Å²) >= 11 is 0. The molecule has 248 valence electrons. The summed E-state index contributed by atoms with van der Waals surface area (Å²) in [6.45, 7) is 3.74. The molecule has 2 aromatic carbocycles. The van der Waals surface area contributed by atoms with Crippen LogP contribution in [0.1, 0.15) is 44.2 Å². The molecule has 0 spiro atoms. The van der Waals surface area contributed by atoms with E-state index in [1.165, 1.54) is 49.6 Å². The quantitative estimate of drug-likeness (QED) is 0.251. The summed E-state index contributed by atoms with van der Waals surface area (Å²) < 4.78 is 33.8. The minimum absolute atomic E-state index is 0.0394. The lowest BCUT2D eigenvalue weighted by atomic mass is 10.0. The van der Waals surface area contributed by atoms with Crippen molar-refractivity contribution < 1.29 is 37.5 Å². The Morgan fingerprint density at radius 3 is 2.24 bits per heavy atom. The van der Waals surface area contributed by atoms with Crippen molar-refractivity contribution in [3.05, 3.63) is 83.4 Å². The minimum Gasteiger partial charge on any atom is -0.467 e. The maximum Gasteiger partial charge on any atom is 0.328 e. The molecule has 13 heteroatoms. The Balaban J connectivity index is 1.84. The zero-order valence-electron chi connectivity index (χ0n) is 26.1. The number of halogens is 2. The lowest BCUT2D eigenvalue weighted by molar-refractivity contribution is -0.144. The first-order valence-electron chi connectivity index (χ1n) is 15.2. The van der Waals surface area contributed by atoms with Gasteiger partial charge < -0.3 is 31.3 Å². The van der Waals surface area contributed by atoms with Gasteiger partial charge in [-0.1, -0.05) is 56.3 Å². The molecule has 11 nitrogen and oxygen atoms in total. The van der Waals surface area contributed by atoms with Gasteiger partial charge >= 0.3 is 12.0 Å². The number of hydrogen-bond acceptors (Lipinski definition) is 6. The van der Waals surface area contributed by atoms with Crippen LogP contribution in [0.4, 0.5) is 13.6 Å². The van der Waals surface area contributed by atoms with Crippen LogP contribution in [0, 0.1) is 17.6 Å². The summed E-state index contributed by atoms with van der Waals surface area (Å²) in [7, 11) is 1.18. The SMILES string of the molecule is COC(=O)C(NC(=O)N[C@@H](Cc1ccccc1F)C(=O)N[C@H]1CCCCNC(=O)/C=C/[C@H](Cc2ccccc2F)NC1=O)C(C)C. The lowest BCUT2D eigenvalue weighted by Crippen LogP contribution is -2.58. The molecular weight excluding hydrogens is 600 g/mol. The van der Waals surface area contributed by atoms with Crippen molar-refractivity contribution in [3.8, 4) is 0 Å². The number of hydrogen-bond donors (Lipinski definition) is 5. The van der Waals surface area contributed by atoms with Gasteiger partial charge in [-0.3, -0.25) is 14.4 Å². The van der Waals surface area contributed by atoms with Gasteiger partial charge in [0.2, 0.25) is 17.7 Å². The number of nitrogens with one attached hydrogen (secondary N) is 5. The van der Waals surface area contributed by atoms with Gasteiger partial charge in [0.15, 0.2) is 0 Å². The molecule has 0 bridgehead atoms. The van der Waals surface area contributed by atoms with Crippen molar-refractivity contribution in [2.75, 3.05) is 13.7 Å². The second-order valence-electron chi connectivity index (χ2n) is 11.3. The minimum atomic E-state index is -1.34. The van der Waals surface area contributed by atoms with Gasteiger partial charge in [0.1, 0.15) is 29.8 Å². The van der Waals surface area contributed by atoms with E-state index < -0.39 is 59.6 Å². The smallest absolute Gasteiger partial charge is 0.328 e. The Morgan fingerprint density at radius 1 is 0.957 bits per heavy atom. The van der Waals surface area contributed by atoms with Gasteiger partial charge in [-0.05, 0) is 54.9 Å². The Labute approximate surface area is 266 Å². The third-order valence-corrected chi connectivity index (χ3v) is 7.47. The van der Waals surface area contributed by atoms with E-state index in [9.17, 15) is 32.8 Å². The van der Waals surface area contributed by atoms with Crippen LogP contribution in [0.15, 0.2) is 60.7 Å². The molecule has 1 aliphatic rings. The van der Waals surface area contributed by atoms with E-state index in [0.29, 0.717) is 24.9 Å². The standard InChI is InChI=1S/C33H41F2N5O6/c1-20(2)29(32(44)46-3)40-33(45)39-27(19-22-11-5-7-13-25(22)35)31(43)38-26-14-8-9-17-36-28(41)16-15-23(37-30(26)42)18-21-10-4-6-12-24(21)34/h4-7,10-13,15-16,20,23,26-27,29H,8-9,14,17-19H2,1-3H3,(H,36,41)(H,37,42)(H,38,43)(H2,39,40,45)/b16-15+/t23-,26+,27+,29?/m1/s1. The molecule has 0 aliphatic carbocycles. The van der Waals surface area contributed by atoms with Gasteiger partial charge in [-0.25, -0.2) is 18.4 Å². The summed E-state index contributed by atoms with van der Waals surface area (Å²) in [5.41, 5.74) is 0.461. The normalized spacial score (nSPS) is 19.3. The van der Waals surface area contributed by atoms with Gasteiger partial charge in [-0.15, -0.1) is 0 Å². The molecule has 0 saturated carbocycles. The van der Waals surface area contributed by atoms with Crippen LogP contribution in [0.2, 0.25) is 0 Å². The van der Waals surface area contributed by atoms with Gasteiger partial charge in [0, 0.05) is 19.0 Å². The average Bonchev–Trinajstić information content (AvgIpc) is 3.02. The molecule has 0 radical (unpaired) electrons. The molecule has 5 amide bonds. The molecule has 0 aromatic heterocycles. The molecule has 3 rings (SSSR count). The van der Waals surface area contributed by atoms with E-state index in [0.717, 1.165) is 0 Å². The predicted octanol–water partition coefficient (Wildman–Crippen LogP) is 2.44. The summed E-state index contributed by atoms with van der Waals surface area (Å²) in [4.78, 5) is 64.6. The molecule has 0 saturated heterocycles.